The maximum Gasteiger partial charge on any atom is 0.232 e. The van der Waals surface area contributed by atoms with Crippen LogP contribution < -0.4 is 9.62 Å². The second-order valence-electron chi connectivity index (χ2n) is 6.55. The maximum absolute atomic E-state index is 13.5. The van der Waals surface area contributed by atoms with Crippen molar-refractivity contribution in [1.29, 1.82) is 0 Å². The number of hydrogen-bond donors (Lipinski definition) is 1. The highest BCUT2D eigenvalue weighted by molar-refractivity contribution is 7.92. The van der Waals surface area contributed by atoms with Crippen LogP contribution in [0.5, 0.6) is 0 Å². The zero-order valence-corrected chi connectivity index (χ0v) is 16.9. The van der Waals surface area contributed by atoms with Gasteiger partial charge in [0.05, 0.1) is 11.9 Å². The quantitative estimate of drug-likeness (QED) is 0.715. The normalized spacial score (nSPS) is 11.3. The molecule has 0 radical (unpaired) electrons. The Morgan fingerprint density at radius 3 is 2.46 bits per heavy atom. The van der Waals surface area contributed by atoms with Crippen molar-refractivity contribution < 1.29 is 22.0 Å². The van der Waals surface area contributed by atoms with Gasteiger partial charge < -0.3 is 5.32 Å². The van der Waals surface area contributed by atoms with Crippen LogP contribution in [0.2, 0.25) is 0 Å². The molecule has 0 aliphatic heterocycles. The molecule has 0 saturated heterocycles. The van der Waals surface area contributed by atoms with Crippen molar-refractivity contribution in [1.82, 2.24) is 0 Å². The topological polar surface area (TPSA) is 66.5 Å². The lowest BCUT2D eigenvalue weighted by molar-refractivity contribution is -0.116. The van der Waals surface area contributed by atoms with Crippen molar-refractivity contribution in [2.24, 2.45) is 0 Å². The molecule has 0 spiro atoms. The van der Waals surface area contributed by atoms with E-state index >= 15 is 0 Å². The number of rotatable bonds is 8. The van der Waals surface area contributed by atoms with Gasteiger partial charge in [-0.2, -0.15) is 0 Å². The van der Waals surface area contributed by atoms with Crippen LogP contribution in [0.4, 0.5) is 20.2 Å². The molecular weight excluding hydrogens is 386 g/mol. The number of aryl methyl sites for hydroxylation is 2. The van der Waals surface area contributed by atoms with E-state index in [2.05, 4.69) is 5.32 Å². The van der Waals surface area contributed by atoms with Crippen LogP contribution in [0.15, 0.2) is 36.4 Å². The average Bonchev–Trinajstić information content (AvgIpc) is 2.62. The van der Waals surface area contributed by atoms with Crippen molar-refractivity contribution in [3.8, 4) is 0 Å². The van der Waals surface area contributed by atoms with Crippen molar-refractivity contribution >= 4 is 27.3 Å². The number of anilines is 2. The minimum atomic E-state index is -3.71. The number of amides is 1. The predicted molar refractivity (Wildman–Crippen MR) is 107 cm³/mol. The zero-order valence-electron chi connectivity index (χ0n) is 16.1. The van der Waals surface area contributed by atoms with Gasteiger partial charge in [-0.25, -0.2) is 17.2 Å². The molecule has 8 heteroatoms. The molecule has 0 atom stereocenters. The molecule has 0 heterocycles. The van der Waals surface area contributed by atoms with E-state index in [4.69, 9.17) is 0 Å². The summed E-state index contributed by atoms with van der Waals surface area (Å²) in [6.07, 6.45) is 2.07. The third-order valence-electron chi connectivity index (χ3n) is 4.36. The Labute approximate surface area is 164 Å². The van der Waals surface area contributed by atoms with Gasteiger partial charge in [0.25, 0.3) is 0 Å². The van der Waals surface area contributed by atoms with E-state index in [1.165, 1.54) is 6.07 Å². The molecule has 0 unspecified atom stereocenters. The maximum atomic E-state index is 13.5. The minimum Gasteiger partial charge on any atom is -0.326 e. The van der Waals surface area contributed by atoms with Gasteiger partial charge in [-0.1, -0.05) is 25.1 Å². The Bertz CT molecular complexity index is 962. The Morgan fingerprint density at radius 2 is 1.86 bits per heavy atom. The van der Waals surface area contributed by atoms with Crippen LogP contribution in [0.25, 0.3) is 0 Å². The summed E-state index contributed by atoms with van der Waals surface area (Å²) in [7, 11) is -3.71. The van der Waals surface area contributed by atoms with Crippen molar-refractivity contribution in [2.75, 3.05) is 22.4 Å². The van der Waals surface area contributed by atoms with Crippen molar-refractivity contribution in [2.45, 2.75) is 33.1 Å². The number of sulfonamides is 1. The van der Waals surface area contributed by atoms with Crippen LogP contribution in [0, 0.1) is 18.6 Å². The first-order valence-corrected chi connectivity index (χ1v) is 10.8. The number of nitrogens with zero attached hydrogens (tertiary/aromatic N) is 1. The second kappa shape index (κ2) is 9.14. The number of hydrogen-bond acceptors (Lipinski definition) is 3. The Balaban J connectivity index is 2.05. The first-order chi connectivity index (χ1) is 13.1. The van der Waals surface area contributed by atoms with E-state index in [0.717, 1.165) is 45.9 Å². The smallest absolute Gasteiger partial charge is 0.232 e. The minimum absolute atomic E-state index is 0.0221. The second-order valence-corrected chi connectivity index (χ2v) is 8.45. The number of halogens is 2. The fraction of sp³-hybridized carbons (Fsp3) is 0.350. The SMILES string of the molecule is CCc1cccc(C)c1NC(=O)CCCN(c1ccc(F)c(F)c1)S(C)(=O)=O. The van der Waals surface area contributed by atoms with Gasteiger partial charge in [-0.3, -0.25) is 9.10 Å². The van der Waals surface area contributed by atoms with Gasteiger partial charge in [-0.15, -0.1) is 0 Å². The van der Waals surface area contributed by atoms with Gasteiger partial charge in [0, 0.05) is 24.7 Å². The summed E-state index contributed by atoms with van der Waals surface area (Å²) in [5, 5.41) is 2.88. The first-order valence-electron chi connectivity index (χ1n) is 8.94. The number of nitrogens with one attached hydrogen (secondary N) is 1. The van der Waals surface area contributed by atoms with E-state index in [0.29, 0.717) is 0 Å². The molecule has 5 nitrogen and oxygen atoms in total. The number of carbonyl (C=O) groups is 1. The lowest BCUT2D eigenvalue weighted by atomic mass is 10.1. The molecule has 0 aliphatic carbocycles. The molecule has 2 rings (SSSR count). The van der Waals surface area contributed by atoms with E-state index in [1.54, 1.807) is 0 Å². The number of benzene rings is 2. The fourth-order valence-electron chi connectivity index (χ4n) is 2.91. The van der Waals surface area contributed by atoms with E-state index < -0.39 is 21.7 Å². The molecule has 0 aliphatic rings. The zero-order chi connectivity index (χ0) is 20.9. The summed E-state index contributed by atoms with van der Waals surface area (Å²) in [5.74, 6) is -2.42. The van der Waals surface area contributed by atoms with Crippen LogP contribution >= 0.6 is 0 Å². The van der Waals surface area contributed by atoms with Gasteiger partial charge in [0.2, 0.25) is 15.9 Å². The summed E-state index contributed by atoms with van der Waals surface area (Å²) < 4.78 is 51.6. The standard InChI is InChI=1S/C20H24F2N2O3S/c1-4-15-8-5-7-14(2)20(15)23-19(25)9-6-12-24(28(3,26)27)16-10-11-17(21)18(22)13-16/h5,7-8,10-11,13H,4,6,9,12H2,1-3H3,(H,23,25). The molecule has 2 aromatic carbocycles. The molecule has 2 aromatic rings. The Morgan fingerprint density at radius 1 is 1.14 bits per heavy atom. The molecule has 0 saturated carbocycles. The summed E-state index contributed by atoms with van der Waals surface area (Å²) in [6, 6.07) is 8.67. The summed E-state index contributed by atoms with van der Waals surface area (Å²) in [4.78, 5) is 12.3. The molecule has 0 bridgehead atoms. The van der Waals surface area contributed by atoms with Gasteiger partial charge >= 0.3 is 0 Å². The largest absolute Gasteiger partial charge is 0.326 e. The number of para-hydroxylation sites is 1. The Hall–Kier alpha value is -2.48. The van der Waals surface area contributed by atoms with Crippen LogP contribution in [-0.2, 0) is 21.2 Å². The van der Waals surface area contributed by atoms with Crippen LogP contribution in [0.3, 0.4) is 0 Å². The molecule has 0 fully saturated rings. The van der Waals surface area contributed by atoms with Crippen molar-refractivity contribution in [3.63, 3.8) is 0 Å². The molecule has 152 valence electrons. The monoisotopic (exact) mass is 410 g/mol. The first kappa shape index (κ1) is 21.8. The summed E-state index contributed by atoms with van der Waals surface area (Å²) >= 11 is 0. The molecule has 0 aromatic heterocycles. The van der Waals surface area contributed by atoms with Crippen LogP contribution in [0.1, 0.15) is 30.9 Å². The molecule has 1 amide bonds. The van der Waals surface area contributed by atoms with Crippen LogP contribution in [-0.4, -0.2) is 27.1 Å². The van der Waals surface area contributed by atoms with Gasteiger partial charge in [0.15, 0.2) is 11.6 Å². The molecular formula is C20H24F2N2O3S. The molecule has 28 heavy (non-hydrogen) atoms. The van der Waals surface area contributed by atoms with Crippen molar-refractivity contribution in [3.05, 3.63) is 59.2 Å². The van der Waals surface area contributed by atoms with Gasteiger partial charge in [-0.05, 0) is 43.0 Å². The summed E-state index contributed by atoms with van der Waals surface area (Å²) in [6.45, 7) is 3.88. The summed E-state index contributed by atoms with van der Waals surface area (Å²) in [5.41, 5.74) is 2.77. The lowest BCUT2D eigenvalue weighted by Gasteiger charge is -2.22. The third-order valence-corrected chi connectivity index (χ3v) is 5.56. The third kappa shape index (κ3) is 5.51. The highest BCUT2D eigenvalue weighted by Crippen LogP contribution is 2.23. The highest BCUT2D eigenvalue weighted by Gasteiger charge is 2.19. The molecule has 1 N–H and O–H groups in total. The Kier molecular flexibility index (Phi) is 7.12. The predicted octanol–water partition coefficient (Wildman–Crippen LogP) is 4.02. The number of carbonyl (C=O) groups excluding carboxylic acids is 1. The van der Waals surface area contributed by atoms with E-state index in [-0.39, 0.29) is 31.0 Å². The highest BCUT2D eigenvalue weighted by atomic mass is 32.2. The fourth-order valence-corrected chi connectivity index (χ4v) is 3.87. The average molecular weight is 410 g/mol. The van der Waals surface area contributed by atoms with E-state index in [9.17, 15) is 22.0 Å². The lowest BCUT2D eigenvalue weighted by Crippen LogP contribution is -2.31. The van der Waals surface area contributed by atoms with E-state index in [1.807, 2.05) is 32.0 Å². The van der Waals surface area contributed by atoms with Gasteiger partial charge in [0.1, 0.15) is 0 Å².